The lowest BCUT2D eigenvalue weighted by Gasteiger charge is -2.24. The minimum atomic E-state index is -4.37. The van der Waals surface area contributed by atoms with Crippen LogP contribution in [0.25, 0.3) is 0 Å². The Hall–Kier alpha value is -0.990. The molecule has 0 aliphatic carbocycles. The molecule has 0 fully saturated rings. The predicted octanol–water partition coefficient (Wildman–Crippen LogP) is 14.8. The predicted molar refractivity (Wildman–Crippen MR) is 248 cm³/mol. The molecule has 0 heterocycles. The van der Waals surface area contributed by atoms with E-state index in [1.807, 2.05) is 21.1 Å². The Balaban J connectivity index is 4.20. The van der Waals surface area contributed by atoms with Crippen molar-refractivity contribution in [3.8, 4) is 0 Å². The van der Waals surface area contributed by atoms with Gasteiger partial charge in [-0.15, -0.1) is 0 Å². The van der Waals surface area contributed by atoms with Crippen LogP contribution in [-0.4, -0.2) is 74.9 Å². The van der Waals surface area contributed by atoms with E-state index in [2.05, 4.69) is 13.8 Å². The van der Waals surface area contributed by atoms with Gasteiger partial charge in [-0.3, -0.25) is 18.6 Å². The van der Waals surface area contributed by atoms with Gasteiger partial charge >= 0.3 is 19.8 Å². The highest BCUT2D eigenvalue weighted by atomic mass is 31.2. The largest absolute Gasteiger partial charge is 0.472 e. The second-order valence-corrected chi connectivity index (χ2v) is 20.0. The molecule has 1 unspecified atom stereocenters. The number of carbonyl (C=O) groups is 2. The second-order valence-electron chi connectivity index (χ2n) is 18.6. The molecular weight excluding hydrogens is 762 g/mol. The summed E-state index contributed by atoms with van der Waals surface area (Å²) in [4.78, 5) is 35.5. The average Bonchev–Trinajstić information content (AvgIpc) is 3.19. The fourth-order valence-electron chi connectivity index (χ4n) is 7.43. The van der Waals surface area contributed by atoms with E-state index < -0.39 is 26.5 Å². The van der Waals surface area contributed by atoms with E-state index in [0.29, 0.717) is 17.4 Å². The summed E-state index contributed by atoms with van der Waals surface area (Å²) in [6, 6.07) is 0. The first-order valence-corrected chi connectivity index (χ1v) is 26.8. The van der Waals surface area contributed by atoms with Crippen LogP contribution in [0.3, 0.4) is 0 Å². The van der Waals surface area contributed by atoms with Crippen molar-refractivity contribution in [1.29, 1.82) is 0 Å². The lowest BCUT2D eigenvalue weighted by Crippen LogP contribution is -2.37. The van der Waals surface area contributed by atoms with Crippen LogP contribution in [0, 0.1) is 0 Å². The molecule has 0 amide bonds. The number of quaternary nitrogens is 1. The average molecular weight is 861 g/mol. The Morgan fingerprint density at radius 2 is 0.763 bits per heavy atom. The summed E-state index contributed by atoms with van der Waals surface area (Å²) >= 11 is 0. The molecule has 0 aromatic carbocycles. The van der Waals surface area contributed by atoms with Crippen molar-refractivity contribution in [3.05, 3.63) is 0 Å². The zero-order chi connectivity index (χ0) is 43.6. The standard InChI is InChI=1S/C49H98NO8P/c1-6-8-10-12-14-16-18-20-22-23-24-25-26-28-30-32-34-36-38-40-42-49(52)58-47(46-57-59(53,54)56-44-43-50(3,4)5)45-55-48(51)41-39-37-35-33-31-29-27-21-19-17-15-13-11-9-7-2/h47H,6-46H2,1-5H3/p+1/t47-/m1/s1. The first kappa shape index (κ1) is 58.0. The van der Waals surface area contributed by atoms with Crippen LogP contribution >= 0.6 is 7.82 Å². The number of likely N-dealkylation sites (N-methyl/N-ethyl adjacent to an activating group) is 1. The number of rotatable bonds is 47. The lowest BCUT2D eigenvalue weighted by molar-refractivity contribution is -0.870. The molecule has 10 heteroatoms. The van der Waals surface area contributed by atoms with E-state index in [0.717, 1.165) is 38.5 Å². The van der Waals surface area contributed by atoms with Gasteiger partial charge in [0, 0.05) is 12.8 Å². The summed E-state index contributed by atoms with van der Waals surface area (Å²) in [5, 5.41) is 0. The summed E-state index contributed by atoms with van der Waals surface area (Å²) in [6.45, 7) is 4.48. The maximum atomic E-state index is 12.7. The fourth-order valence-corrected chi connectivity index (χ4v) is 8.17. The van der Waals surface area contributed by atoms with Crippen LogP contribution in [-0.2, 0) is 32.7 Å². The lowest BCUT2D eigenvalue weighted by atomic mass is 10.0. The SMILES string of the molecule is CCCCCCCCCCCCCCCCCCCCCCC(=O)O[C@H](COC(=O)CCCCCCCCCCCCCCCCC)COP(=O)(O)OCC[N+](C)(C)C. The molecule has 0 aliphatic heterocycles. The van der Waals surface area contributed by atoms with Crippen molar-refractivity contribution in [2.45, 2.75) is 258 Å². The molecular formula is C49H99NO8P+. The maximum Gasteiger partial charge on any atom is 0.472 e. The zero-order valence-corrected chi connectivity index (χ0v) is 40.7. The van der Waals surface area contributed by atoms with E-state index >= 15 is 0 Å². The van der Waals surface area contributed by atoms with Crippen molar-refractivity contribution in [2.24, 2.45) is 0 Å². The smallest absolute Gasteiger partial charge is 0.462 e. The van der Waals surface area contributed by atoms with Crippen molar-refractivity contribution in [2.75, 3.05) is 47.5 Å². The van der Waals surface area contributed by atoms with Gasteiger partial charge in [-0.05, 0) is 12.8 Å². The molecule has 0 aromatic rings. The molecule has 0 rings (SSSR count). The molecule has 0 radical (unpaired) electrons. The number of hydrogen-bond donors (Lipinski definition) is 1. The van der Waals surface area contributed by atoms with Crippen LogP contribution in [0.5, 0.6) is 0 Å². The highest BCUT2D eigenvalue weighted by molar-refractivity contribution is 7.47. The number of phosphoric acid groups is 1. The number of nitrogens with zero attached hydrogens (tertiary/aromatic N) is 1. The van der Waals surface area contributed by atoms with Gasteiger partial charge in [0.2, 0.25) is 0 Å². The molecule has 59 heavy (non-hydrogen) atoms. The second kappa shape index (κ2) is 42.3. The number of phosphoric ester groups is 1. The van der Waals surface area contributed by atoms with Gasteiger partial charge in [-0.1, -0.05) is 226 Å². The van der Waals surface area contributed by atoms with Crippen molar-refractivity contribution < 1.29 is 42.1 Å². The molecule has 0 aliphatic rings. The number of unbranched alkanes of at least 4 members (excludes halogenated alkanes) is 33. The van der Waals surface area contributed by atoms with E-state index in [1.54, 1.807) is 0 Å². The maximum absolute atomic E-state index is 12.7. The highest BCUT2D eigenvalue weighted by Crippen LogP contribution is 2.43. The molecule has 2 atom stereocenters. The number of ether oxygens (including phenoxy) is 2. The highest BCUT2D eigenvalue weighted by Gasteiger charge is 2.27. The van der Waals surface area contributed by atoms with Crippen molar-refractivity contribution >= 4 is 19.8 Å². The van der Waals surface area contributed by atoms with Crippen LogP contribution in [0.15, 0.2) is 0 Å². The molecule has 9 nitrogen and oxygen atoms in total. The summed E-state index contributed by atoms with van der Waals surface area (Å²) in [7, 11) is 1.50. The molecule has 1 N–H and O–H groups in total. The first-order chi connectivity index (χ1) is 28.5. The number of carbonyl (C=O) groups excluding carboxylic acids is 2. The fraction of sp³-hybridized carbons (Fsp3) is 0.959. The number of hydrogen-bond acceptors (Lipinski definition) is 7. The third-order valence-electron chi connectivity index (χ3n) is 11.4. The minimum Gasteiger partial charge on any atom is -0.462 e. The van der Waals surface area contributed by atoms with E-state index in [-0.39, 0.29) is 25.6 Å². The Labute approximate surface area is 365 Å². The van der Waals surface area contributed by atoms with E-state index in [4.69, 9.17) is 18.5 Å². The zero-order valence-electron chi connectivity index (χ0n) is 39.8. The molecule has 352 valence electrons. The third-order valence-corrected chi connectivity index (χ3v) is 12.4. The first-order valence-electron chi connectivity index (χ1n) is 25.3. The van der Waals surface area contributed by atoms with Gasteiger partial charge in [0.1, 0.15) is 19.8 Å². The van der Waals surface area contributed by atoms with Gasteiger partial charge in [0.25, 0.3) is 0 Å². The number of esters is 2. The van der Waals surface area contributed by atoms with E-state index in [1.165, 1.54) is 186 Å². The Morgan fingerprint density at radius 3 is 1.08 bits per heavy atom. The quantitative estimate of drug-likeness (QED) is 0.0279. The van der Waals surface area contributed by atoms with Gasteiger partial charge in [-0.25, -0.2) is 4.57 Å². The molecule has 0 saturated heterocycles. The van der Waals surface area contributed by atoms with Crippen molar-refractivity contribution in [1.82, 2.24) is 0 Å². The van der Waals surface area contributed by atoms with Gasteiger partial charge < -0.3 is 18.9 Å². The van der Waals surface area contributed by atoms with Gasteiger partial charge in [-0.2, -0.15) is 0 Å². The topological polar surface area (TPSA) is 108 Å². The van der Waals surface area contributed by atoms with Crippen molar-refractivity contribution in [3.63, 3.8) is 0 Å². The summed E-state index contributed by atoms with van der Waals surface area (Å²) in [5.74, 6) is -0.778. The van der Waals surface area contributed by atoms with Gasteiger partial charge in [0.05, 0.1) is 27.7 Å². The summed E-state index contributed by atoms with van der Waals surface area (Å²) in [5.41, 5.74) is 0. The Morgan fingerprint density at radius 1 is 0.458 bits per heavy atom. The molecule has 0 saturated carbocycles. The molecule has 0 spiro atoms. The summed E-state index contributed by atoms with van der Waals surface area (Å²) < 4.78 is 34.4. The van der Waals surface area contributed by atoms with Crippen LogP contribution in [0.1, 0.15) is 251 Å². The van der Waals surface area contributed by atoms with Gasteiger partial charge in [0.15, 0.2) is 6.10 Å². The van der Waals surface area contributed by atoms with Crippen LogP contribution in [0.2, 0.25) is 0 Å². The summed E-state index contributed by atoms with van der Waals surface area (Å²) in [6.07, 6.45) is 44.3. The molecule has 0 aromatic heterocycles. The Kier molecular flexibility index (Phi) is 41.6. The normalized spacial score (nSPS) is 13.4. The third kappa shape index (κ3) is 46.3. The minimum absolute atomic E-state index is 0.0371. The van der Waals surface area contributed by atoms with Crippen LogP contribution < -0.4 is 0 Å². The van der Waals surface area contributed by atoms with E-state index in [9.17, 15) is 19.0 Å². The monoisotopic (exact) mass is 861 g/mol. The molecule has 0 bridgehead atoms. The Bertz CT molecular complexity index is 974. The van der Waals surface area contributed by atoms with Crippen LogP contribution in [0.4, 0.5) is 0 Å².